The topological polar surface area (TPSA) is 98.7 Å². The van der Waals surface area contributed by atoms with Crippen molar-refractivity contribution in [1.82, 2.24) is 10.2 Å². The molecule has 1 spiro atoms. The molecule has 3 fully saturated rings. The van der Waals surface area contributed by atoms with E-state index in [1.54, 1.807) is 23.6 Å². The van der Waals surface area contributed by atoms with E-state index in [-0.39, 0.29) is 35.5 Å². The number of rotatable bonds is 7. The first kappa shape index (κ1) is 24.1. The normalized spacial score (nSPS) is 33.2. The highest BCUT2D eigenvalue weighted by Crippen LogP contribution is 2.68. The third-order valence-corrected chi connectivity index (χ3v) is 9.75. The lowest BCUT2D eigenvalue weighted by Gasteiger charge is -2.39. The van der Waals surface area contributed by atoms with Gasteiger partial charge in [-0.3, -0.25) is 14.4 Å². The molecule has 180 valence electrons. The van der Waals surface area contributed by atoms with Crippen LogP contribution in [0, 0.1) is 31.6 Å². The van der Waals surface area contributed by atoms with Gasteiger partial charge in [0.1, 0.15) is 6.04 Å². The number of hydrogen-bond acceptors (Lipinski definition) is 5. The maximum Gasteiger partial charge on any atom is 0.248 e. The molecule has 4 rings (SSSR count). The molecule has 3 amide bonds. The second kappa shape index (κ2) is 8.95. The van der Waals surface area contributed by atoms with Crippen LogP contribution in [-0.4, -0.2) is 63.0 Å². The van der Waals surface area contributed by atoms with Crippen LogP contribution in [0.25, 0.3) is 0 Å². The quantitative estimate of drug-likeness (QED) is 0.565. The molecule has 0 radical (unpaired) electrons. The first-order chi connectivity index (χ1) is 15.7. The average molecular weight is 474 g/mol. The zero-order chi connectivity index (χ0) is 24.1. The Hall–Kier alpha value is -2.06. The molecular formula is C25H35N3O4S. The lowest BCUT2D eigenvalue weighted by molar-refractivity contribution is -0.141. The highest BCUT2D eigenvalue weighted by molar-refractivity contribution is 8.02. The number of hydrogen-bond donors (Lipinski definition) is 3. The lowest BCUT2D eigenvalue weighted by Crippen LogP contribution is -2.56. The van der Waals surface area contributed by atoms with Crippen LogP contribution in [-0.2, 0) is 14.4 Å². The number of nitrogens with zero attached hydrogens (tertiary/aromatic N) is 1. The zero-order valence-electron chi connectivity index (χ0n) is 20.1. The second-order valence-corrected chi connectivity index (χ2v) is 11.5. The predicted molar refractivity (Wildman–Crippen MR) is 130 cm³/mol. The van der Waals surface area contributed by atoms with E-state index < -0.39 is 28.7 Å². The smallest absolute Gasteiger partial charge is 0.248 e. The predicted octanol–water partition coefficient (Wildman–Crippen LogP) is 2.49. The summed E-state index contributed by atoms with van der Waals surface area (Å²) in [5.41, 5.74) is 2.71. The highest BCUT2D eigenvalue weighted by atomic mass is 32.2. The number of anilines is 1. The molecule has 1 aromatic carbocycles. The van der Waals surface area contributed by atoms with Gasteiger partial charge in [-0.2, -0.15) is 0 Å². The Bertz CT molecular complexity index is 969. The number of benzene rings is 1. The van der Waals surface area contributed by atoms with Crippen LogP contribution in [0.3, 0.4) is 0 Å². The standard InChI is InChI=1S/C25H35N3O4S/c1-6-9-26-22(30)19-18-11-15(4)25(33-18)20(19)24(32)28(16(5)12-29)21(25)23(31)27-17-10-13(2)7-8-14(17)3/h7-8,10,15-16,18-21,29H,6,9,11-12H2,1-5H3,(H,26,30)(H,27,31)/t15?,16-,18-,19+,20+,21?,25?/m1/s1. The summed E-state index contributed by atoms with van der Waals surface area (Å²) in [5.74, 6) is -1.42. The third kappa shape index (κ3) is 3.66. The van der Waals surface area contributed by atoms with Gasteiger partial charge in [-0.15, -0.1) is 11.8 Å². The molecule has 7 nitrogen and oxygen atoms in total. The van der Waals surface area contributed by atoms with Crippen LogP contribution in [0.1, 0.15) is 44.7 Å². The number of aliphatic hydroxyl groups excluding tert-OH is 1. The van der Waals surface area contributed by atoms with Crippen molar-refractivity contribution >= 4 is 35.2 Å². The van der Waals surface area contributed by atoms with E-state index in [2.05, 4.69) is 17.6 Å². The molecule has 3 saturated heterocycles. The second-order valence-electron chi connectivity index (χ2n) is 9.93. The fraction of sp³-hybridized carbons (Fsp3) is 0.640. The fourth-order valence-electron chi connectivity index (χ4n) is 6.06. The summed E-state index contributed by atoms with van der Waals surface area (Å²) in [6.45, 7) is 10.1. The van der Waals surface area contributed by atoms with Crippen molar-refractivity contribution in [3.05, 3.63) is 29.3 Å². The van der Waals surface area contributed by atoms with Crippen molar-refractivity contribution in [3.8, 4) is 0 Å². The number of amides is 3. The van der Waals surface area contributed by atoms with Gasteiger partial charge in [0.15, 0.2) is 0 Å². The van der Waals surface area contributed by atoms with E-state index in [0.717, 1.165) is 29.7 Å². The molecule has 0 aromatic heterocycles. The highest BCUT2D eigenvalue weighted by Gasteiger charge is 2.76. The van der Waals surface area contributed by atoms with Gasteiger partial charge in [0.05, 0.1) is 29.2 Å². The van der Waals surface area contributed by atoms with Gasteiger partial charge in [0.2, 0.25) is 17.7 Å². The van der Waals surface area contributed by atoms with Gasteiger partial charge in [0.25, 0.3) is 0 Å². The lowest BCUT2D eigenvalue weighted by atomic mass is 9.66. The van der Waals surface area contributed by atoms with Crippen molar-refractivity contribution in [2.75, 3.05) is 18.5 Å². The Balaban J connectivity index is 1.75. The SMILES string of the molecule is CCCNC(=O)[C@@H]1[C@H]2C(=O)N([C@H](C)CO)C(C(=O)Nc3cc(C)ccc3C)C23S[C@@H]1CC3C. The number of carbonyl (C=O) groups excluding carboxylic acids is 3. The molecule has 3 aliphatic rings. The average Bonchev–Trinajstić information content (AvgIpc) is 3.37. The van der Waals surface area contributed by atoms with E-state index in [9.17, 15) is 19.5 Å². The number of fused-ring (bicyclic) bond motifs is 1. The van der Waals surface area contributed by atoms with Crippen LogP contribution in [0.5, 0.6) is 0 Å². The molecule has 0 saturated carbocycles. The van der Waals surface area contributed by atoms with E-state index in [1.165, 1.54) is 0 Å². The van der Waals surface area contributed by atoms with Gasteiger partial charge < -0.3 is 20.6 Å². The van der Waals surface area contributed by atoms with Crippen LogP contribution < -0.4 is 10.6 Å². The number of likely N-dealkylation sites (tertiary alicyclic amines) is 1. The van der Waals surface area contributed by atoms with Crippen LogP contribution in [0.2, 0.25) is 0 Å². The molecule has 3 aliphatic heterocycles. The summed E-state index contributed by atoms with van der Waals surface area (Å²) in [7, 11) is 0. The van der Waals surface area contributed by atoms with Crippen molar-refractivity contribution in [2.24, 2.45) is 17.8 Å². The fourth-order valence-corrected chi connectivity index (χ4v) is 8.47. The van der Waals surface area contributed by atoms with E-state index in [1.807, 2.05) is 39.0 Å². The van der Waals surface area contributed by atoms with Crippen molar-refractivity contribution in [3.63, 3.8) is 0 Å². The van der Waals surface area contributed by atoms with Gasteiger partial charge in [0, 0.05) is 17.5 Å². The molecular weight excluding hydrogens is 438 g/mol. The molecule has 1 aromatic rings. The zero-order valence-corrected chi connectivity index (χ0v) is 20.9. The number of thioether (sulfide) groups is 1. The van der Waals surface area contributed by atoms with Gasteiger partial charge >= 0.3 is 0 Å². The van der Waals surface area contributed by atoms with E-state index in [0.29, 0.717) is 6.54 Å². The van der Waals surface area contributed by atoms with Crippen molar-refractivity contribution in [1.29, 1.82) is 0 Å². The minimum atomic E-state index is -0.744. The van der Waals surface area contributed by atoms with Crippen molar-refractivity contribution < 1.29 is 19.5 Å². The van der Waals surface area contributed by atoms with Gasteiger partial charge in [-0.05, 0) is 56.7 Å². The van der Waals surface area contributed by atoms with E-state index >= 15 is 0 Å². The molecule has 33 heavy (non-hydrogen) atoms. The molecule has 3 N–H and O–H groups in total. The Kier molecular flexibility index (Phi) is 6.53. The first-order valence-electron chi connectivity index (χ1n) is 11.9. The molecule has 7 atom stereocenters. The van der Waals surface area contributed by atoms with Crippen LogP contribution in [0.15, 0.2) is 18.2 Å². The Labute approximate surface area is 200 Å². The number of carbonyl (C=O) groups is 3. The first-order valence-corrected chi connectivity index (χ1v) is 12.8. The summed E-state index contributed by atoms with van der Waals surface area (Å²) in [6.07, 6.45) is 1.62. The molecule has 3 heterocycles. The molecule has 8 heteroatoms. The minimum Gasteiger partial charge on any atom is -0.394 e. The Morgan fingerprint density at radius 2 is 2.03 bits per heavy atom. The number of aliphatic hydroxyl groups is 1. The Morgan fingerprint density at radius 1 is 1.30 bits per heavy atom. The van der Waals surface area contributed by atoms with E-state index in [4.69, 9.17) is 0 Å². The maximum absolute atomic E-state index is 13.9. The largest absolute Gasteiger partial charge is 0.394 e. The van der Waals surface area contributed by atoms with Gasteiger partial charge in [-0.1, -0.05) is 26.0 Å². The summed E-state index contributed by atoms with van der Waals surface area (Å²) in [4.78, 5) is 42.4. The van der Waals surface area contributed by atoms with Crippen molar-refractivity contribution in [2.45, 2.75) is 69.5 Å². The summed E-state index contributed by atoms with van der Waals surface area (Å²) >= 11 is 1.65. The molecule has 3 unspecified atom stereocenters. The molecule has 2 bridgehead atoms. The maximum atomic E-state index is 13.9. The number of nitrogens with one attached hydrogen (secondary N) is 2. The summed E-state index contributed by atoms with van der Waals surface area (Å²) < 4.78 is -0.679. The summed E-state index contributed by atoms with van der Waals surface area (Å²) in [5, 5.41) is 16.0. The monoisotopic (exact) mass is 473 g/mol. The molecule has 0 aliphatic carbocycles. The van der Waals surface area contributed by atoms with Crippen LogP contribution in [0.4, 0.5) is 5.69 Å². The third-order valence-electron chi connectivity index (χ3n) is 7.67. The minimum absolute atomic E-state index is 0.0217. The van der Waals surface area contributed by atoms with Gasteiger partial charge in [-0.25, -0.2) is 0 Å². The number of aryl methyl sites for hydroxylation is 2. The van der Waals surface area contributed by atoms with Crippen LogP contribution >= 0.6 is 11.8 Å². The Morgan fingerprint density at radius 3 is 2.70 bits per heavy atom. The summed E-state index contributed by atoms with van der Waals surface area (Å²) in [6, 6.07) is 4.63.